The second-order valence-corrected chi connectivity index (χ2v) is 8.74. The molecule has 8 nitrogen and oxygen atoms in total. The lowest BCUT2D eigenvalue weighted by atomic mass is 9.97. The first-order valence-electron chi connectivity index (χ1n) is 10.2. The fourth-order valence-electron chi connectivity index (χ4n) is 3.77. The number of imide groups is 1. The summed E-state index contributed by atoms with van der Waals surface area (Å²) in [6.07, 6.45) is 0. The summed E-state index contributed by atoms with van der Waals surface area (Å²) in [5, 5.41) is 11.6. The van der Waals surface area contributed by atoms with Gasteiger partial charge in [0.05, 0.1) is 11.5 Å². The molecule has 164 valence electrons. The molecule has 0 saturated carbocycles. The molecule has 0 saturated heterocycles. The van der Waals surface area contributed by atoms with Crippen LogP contribution in [0.5, 0.6) is 5.75 Å². The highest BCUT2D eigenvalue weighted by atomic mass is 32.2. The van der Waals surface area contributed by atoms with Crippen molar-refractivity contribution >= 4 is 40.1 Å². The van der Waals surface area contributed by atoms with Crippen LogP contribution >= 0.6 is 11.8 Å². The van der Waals surface area contributed by atoms with Crippen molar-refractivity contribution in [2.24, 2.45) is 5.92 Å². The van der Waals surface area contributed by atoms with Crippen LogP contribution in [0.25, 0.3) is 0 Å². The Morgan fingerprint density at radius 3 is 2.34 bits per heavy atom. The molecule has 0 radical (unpaired) electrons. The van der Waals surface area contributed by atoms with Crippen LogP contribution in [-0.4, -0.2) is 33.1 Å². The first-order valence-corrected chi connectivity index (χ1v) is 11.0. The molecule has 0 spiro atoms. The lowest BCUT2D eigenvalue weighted by molar-refractivity contribution is -0.443. The van der Waals surface area contributed by atoms with Crippen molar-refractivity contribution in [1.82, 2.24) is 0 Å². The van der Waals surface area contributed by atoms with Gasteiger partial charge in [0, 0.05) is 12.1 Å². The molecule has 2 aromatic rings. The zero-order chi connectivity index (χ0) is 23.0. The number of nitro groups is 1. The van der Waals surface area contributed by atoms with Crippen molar-refractivity contribution < 1.29 is 23.8 Å². The second kappa shape index (κ2) is 8.58. The summed E-state index contributed by atoms with van der Waals surface area (Å²) in [5.41, 5.74) is 2.11. The number of thioether (sulfide) groups is 1. The number of rotatable bonds is 6. The van der Waals surface area contributed by atoms with Gasteiger partial charge in [-0.25, -0.2) is 4.79 Å². The molecule has 0 fully saturated rings. The number of hydrogen-bond acceptors (Lipinski definition) is 6. The van der Waals surface area contributed by atoms with Gasteiger partial charge in [0.15, 0.2) is 11.0 Å². The standard InChI is InChI=1S/C23H22N3O5S/c1-4-31-19-11-9-17(10-12-19)25-21(27)20-14(2)15(3)32-22(20)24(23(25)28)13-16-5-7-18(8-6-16)26(29)30/h5-12,20H,4,13H2,1-3H3/q+1. The Morgan fingerprint density at radius 1 is 1.09 bits per heavy atom. The SMILES string of the molecule is CCOc1ccc(N2C(=O)C3C(C)=C(C)SC3=[N+](Cc3ccc([N+](=O)[O-])cc3)C2=O)cc1. The number of non-ortho nitro benzene ring substituents is 1. The van der Waals surface area contributed by atoms with Crippen LogP contribution in [-0.2, 0) is 11.3 Å². The number of anilines is 1. The molecule has 2 aliphatic heterocycles. The van der Waals surface area contributed by atoms with Crippen molar-refractivity contribution in [2.75, 3.05) is 11.5 Å². The minimum absolute atomic E-state index is 0.0148. The lowest BCUT2D eigenvalue weighted by Crippen LogP contribution is -2.53. The molecule has 0 bridgehead atoms. The van der Waals surface area contributed by atoms with Crippen LogP contribution in [0.1, 0.15) is 26.3 Å². The van der Waals surface area contributed by atoms with E-state index in [1.807, 2.05) is 20.8 Å². The van der Waals surface area contributed by atoms with Crippen LogP contribution in [0, 0.1) is 16.0 Å². The molecule has 9 heteroatoms. The second-order valence-electron chi connectivity index (χ2n) is 7.51. The molecule has 0 aromatic heterocycles. The molecule has 2 aromatic carbocycles. The number of nitrogens with zero attached hydrogens (tertiary/aromatic N) is 3. The van der Waals surface area contributed by atoms with Crippen molar-refractivity contribution in [3.05, 3.63) is 74.7 Å². The Morgan fingerprint density at radius 2 is 1.75 bits per heavy atom. The average molecular weight is 453 g/mol. The van der Waals surface area contributed by atoms with Gasteiger partial charge >= 0.3 is 11.9 Å². The minimum atomic E-state index is -0.526. The monoisotopic (exact) mass is 452 g/mol. The molecule has 0 aliphatic carbocycles. The van der Waals surface area contributed by atoms with Crippen LogP contribution in [0.15, 0.2) is 59.0 Å². The van der Waals surface area contributed by atoms with Gasteiger partial charge in [-0.1, -0.05) is 11.8 Å². The van der Waals surface area contributed by atoms with E-state index >= 15 is 0 Å². The molecule has 3 amide bonds. The number of fused-ring (bicyclic) bond motifs is 1. The molecule has 32 heavy (non-hydrogen) atoms. The fourth-order valence-corrected chi connectivity index (χ4v) is 5.01. The topological polar surface area (TPSA) is 92.8 Å². The summed E-state index contributed by atoms with van der Waals surface area (Å²) in [6.45, 7) is 6.46. The van der Waals surface area contributed by atoms with Crippen LogP contribution in [0.4, 0.5) is 16.2 Å². The highest BCUT2D eigenvalue weighted by Crippen LogP contribution is 2.42. The summed E-state index contributed by atoms with van der Waals surface area (Å²) in [6, 6.07) is 12.5. The Bertz CT molecular complexity index is 1170. The molecular weight excluding hydrogens is 430 g/mol. The van der Waals surface area contributed by atoms with Gasteiger partial charge in [-0.15, -0.1) is 4.90 Å². The highest BCUT2D eigenvalue weighted by Gasteiger charge is 2.52. The average Bonchev–Trinajstić information content (AvgIpc) is 3.07. The maximum absolute atomic E-state index is 13.5. The zero-order valence-corrected chi connectivity index (χ0v) is 18.7. The molecule has 0 N–H and O–H groups in total. The third-order valence-electron chi connectivity index (χ3n) is 5.54. The Kier molecular flexibility index (Phi) is 5.84. The van der Waals surface area contributed by atoms with Gasteiger partial charge < -0.3 is 4.74 Å². The number of nitro benzene ring substituents is 1. The number of carbonyl (C=O) groups is 2. The van der Waals surface area contributed by atoms with E-state index in [1.54, 1.807) is 41.0 Å². The van der Waals surface area contributed by atoms with Crippen LogP contribution in [0.3, 0.4) is 0 Å². The maximum atomic E-state index is 13.5. The molecule has 4 rings (SSSR count). The lowest BCUT2D eigenvalue weighted by Gasteiger charge is -2.25. The zero-order valence-electron chi connectivity index (χ0n) is 17.9. The van der Waals surface area contributed by atoms with Gasteiger partial charge in [0.2, 0.25) is 0 Å². The van der Waals surface area contributed by atoms with Crippen molar-refractivity contribution in [3.63, 3.8) is 0 Å². The van der Waals surface area contributed by atoms with Crippen LogP contribution in [0.2, 0.25) is 0 Å². The van der Waals surface area contributed by atoms with E-state index in [0.29, 0.717) is 23.1 Å². The Balaban J connectivity index is 1.73. The predicted molar refractivity (Wildman–Crippen MR) is 122 cm³/mol. The number of amides is 3. The number of urea groups is 1. The van der Waals surface area contributed by atoms with Gasteiger partial charge in [-0.05, 0) is 73.2 Å². The molecule has 1 atom stereocenters. The van der Waals surface area contributed by atoms with Crippen molar-refractivity contribution in [3.8, 4) is 5.75 Å². The van der Waals surface area contributed by atoms with Gasteiger partial charge in [0.1, 0.15) is 18.0 Å². The molecule has 2 heterocycles. The number of allylic oxidation sites excluding steroid dienone is 1. The summed E-state index contributed by atoms with van der Waals surface area (Å²) < 4.78 is 7.06. The first kappa shape index (κ1) is 21.8. The maximum Gasteiger partial charge on any atom is 0.506 e. The summed E-state index contributed by atoms with van der Waals surface area (Å²) >= 11 is 1.43. The quantitative estimate of drug-likeness (QED) is 0.357. The third kappa shape index (κ3) is 3.80. The normalized spacial score (nSPS) is 18.3. The first-order chi connectivity index (χ1) is 15.3. The number of carbonyl (C=O) groups excluding carboxylic acids is 2. The van der Waals surface area contributed by atoms with Gasteiger partial charge in [0.25, 0.3) is 5.69 Å². The molecule has 2 aliphatic rings. The fraction of sp³-hybridized carbons (Fsp3) is 0.261. The molecule has 1 unspecified atom stereocenters. The van der Waals surface area contributed by atoms with E-state index in [2.05, 4.69) is 0 Å². The summed E-state index contributed by atoms with van der Waals surface area (Å²) in [4.78, 5) is 39.6. The van der Waals surface area contributed by atoms with E-state index in [4.69, 9.17) is 4.74 Å². The largest absolute Gasteiger partial charge is 0.506 e. The Hall–Kier alpha value is -3.46. The van der Waals surface area contributed by atoms with E-state index < -0.39 is 16.9 Å². The number of hydrogen-bond donors (Lipinski definition) is 0. The summed E-state index contributed by atoms with van der Waals surface area (Å²) in [7, 11) is 0. The highest BCUT2D eigenvalue weighted by molar-refractivity contribution is 8.17. The number of benzene rings is 2. The van der Waals surface area contributed by atoms with Crippen molar-refractivity contribution in [2.45, 2.75) is 27.3 Å². The molecular formula is C23H22N3O5S+. The van der Waals surface area contributed by atoms with Crippen LogP contribution < -0.4 is 9.64 Å². The van der Waals surface area contributed by atoms with E-state index in [0.717, 1.165) is 16.0 Å². The van der Waals surface area contributed by atoms with Gasteiger partial charge in [-0.3, -0.25) is 10.1 Å². The smallest absolute Gasteiger partial charge is 0.494 e. The third-order valence-corrected chi connectivity index (χ3v) is 6.84. The van der Waals surface area contributed by atoms with Gasteiger partial charge in [-0.2, -0.15) is 9.37 Å². The number of ether oxygens (including phenoxy) is 1. The van der Waals surface area contributed by atoms with E-state index in [9.17, 15) is 19.7 Å². The Labute approximate surface area is 189 Å². The predicted octanol–water partition coefficient (Wildman–Crippen LogP) is 4.73. The van der Waals surface area contributed by atoms with E-state index in [1.165, 1.54) is 28.8 Å². The van der Waals surface area contributed by atoms with E-state index in [-0.39, 0.29) is 18.1 Å². The minimum Gasteiger partial charge on any atom is -0.494 e. The summed E-state index contributed by atoms with van der Waals surface area (Å²) in [5.74, 6) is -0.148. The van der Waals surface area contributed by atoms with Crippen molar-refractivity contribution in [1.29, 1.82) is 0 Å².